The zero-order chi connectivity index (χ0) is 16.7. The first kappa shape index (κ1) is 16.7. The number of rotatable bonds is 5. The second-order valence-corrected chi connectivity index (χ2v) is 7.31. The fourth-order valence-electron chi connectivity index (χ4n) is 3.42. The average Bonchev–Trinajstić information content (AvgIpc) is 2.83. The van der Waals surface area contributed by atoms with E-state index in [1.807, 2.05) is 20.8 Å². The summed E-state index contributed by atoms with van der Waals surface area (Å²) in [5.74, 6) is -0.219. The van der Waals surface area contributed by atoms with E-state index < -0.39 is 6.10 Å². The molecule has 0 aliphatic heterocycles. The maximum atomic E-state index is 12.4. The van der Waals surface area contributed by atoms with Crippen molar-refractivity contribution in [2.75, 3.05) is 0 Å². The number of ether oxygens (including phenoxy) is 1. The first-order valence-electron chi connectivity index (χ1n) is 7.89. The molecular formula is C19H26O3. The summed E-state index contributed by atoms with van der Waals surface area (Å²) < 4.78 is 5.55. The van der Waals surface area contributed by atoms with Crippen LogP contribution in [-0.2, 0) is 14.3 Å². The lowest BCUT2D eigenvalue weighted by Crippen LogP contribution is -2.26. The molecule has 0 N–H and O–H groups in total. The number of allylic oxidation sites excluding steroid dienone is 3. The molecule has 120 valence electrons. The molecule has 0 aromatic heterocycles. The lowest BCUT2D eigenvalue weighted by molar-refractivity contribution is -0.155. The molecule has 2 rings (SSSR count). The lowest BCUT2D eigenvalue weighted by Gasteiger charge is -2.12. The van der Waals surface area contributed by atoms with E-state index in [4.69, 9.17) is 4.74 Å². The summed E-state index contributed by atoms with van der Waals surface area (Å²) in [5, 5.41) is 0. The summed E-state index contributed by atoms with van der Waals surface area (Å²) in [6.45, 7) is 13.8. The molecule has 3 heteroatoms. The van der Waals surface area contributed by atoms with Crippen LogP contribution in [0.15, 0.2) is 35.5 Å². The summed E-state index contributed by atoms with van der Waals surface area (Å²) in [4.78, 5) is 24.8. The standard InChI is InChI=1S/C19H26O3/c1-7-8-13-12(4)10-15(17(13)20)22-18(21)16-14(9-11(2)3)19(16,5)6/h7,9,14-16H,1,8,10H2,2-6H3. The number of carbonyl (C=O) groups excluding carboxylic acids is 2. The summed E-state index contributed by atoms with van der Waals surface area (Å²) in [6.07, 6.45) is 4.29. The highest BCUT2D eigenvalue weighted by Crippen LogP contribution is 2.60. The first-order valence-corrected chi connectivity index (χ1v) is 7.89. The van der Waals surface area contributed by atoms with Gasteiger partial charge in [-0.3, -0.25) is 9.59 Å². The minimum Gasteiger partial charge on any atom is -0.453 e. The third-order valence-electron chi connectivity index (χ3n) is 4.88. The molecule has 2 aliphatic carbocycles. The minimum atomic E-state index is -0.633. The summed E-state index contributed by atoms with van der Waals surface area (Å²) >= 11 is 0. The van der Waals surface area contributed by atoms with Crippen LogP contribution in [0.1, 0.15) is 47.5 Å². The Morgan fingerprint density at radius 2 is 2.05 bits per heavy atom. The molecule has 3 unspecified atom stereocenters. The van der Waals surface area contributed by atoms with E-state index in [1.54, 1.807) is 6.08 Å². The molecule has 0 radical (unpaired) electrons. The number of esters is 1. The van der Waals surface area contributed by atoms with Gasteiger partial charge in [0.05, 0.1) is 5.92 Å². The molecule has 2 aliphatic rings. The van der Waals surface area contributed by atoms with E-state index in [1.165, 1.54) is 5.57 Å². The van der Waals surface area contributed by atoms with Gasteiger partial charge in [-0.1, -0.05) is 37.1 Å². The van der Waals surface area contributed by atoms with Gasteiger partial charge in [0.1, 0.15) is 0 Å². The first-order chi connectivity index (χ1) is 10.2. The van der Waals surface area contributed by atoms with Crippen LogP contribution in [0.4, 0.5) is 0 Å². The molecule has 22 heavy (non-hydrogen) atoms. The van der Waals surface area contributed by atoms with Gasteiger partial charge in [-0.2, -0.15) is 0 Å². The maximum absolute atomic E-state index is 12.4. The van der Waals surface area contributed by atoms with Crippen LogP contribution >= 0.6 is 0 Å². The number of ketones is 1. The van der Waals surface area contributed by atoms with Crippen molar-refractivity contribution < 1.29 is 14.3 Å². The predicted molar refractivity (Wildman–Crippen MR) is 87.2 cm³/mol. The Morgan fingerprint density at radius 3 is 2.59 bits per heavy atom. The Morgan fingerprint density at radius 1 is 1.41 bits per heavy atom. The molecule has 0 aromatic carbocycles. The summed E-state index contributed by atoms with van der Waals surface area (Å²) in [7, 11) is 0. The van der Waals surface area contributed by atoms with Gasteiger partial charge < -0.3 is 4.74 Å². The quantitative estimate of drug-likeness (QED) is 0.569. The summed E-state index contributed by atoms with van der Waals surface area (Å²) in [6, 6.07) is 0. The molecule has 3 nitrogen and oxygen atoms in total. The van der Waals surface area contributed by atoms with E-state index in [0.29, 0.717) is 12.8 Å². The van der Waals surface area contributed by atoms with E-state index in [2.05, 4.69) is 26.5 Å². The van der Waals surface area contributed by atoms with Crippen LogP contribution in [0, 0.1) is 17.3 Å². The molecule has 0 amide bonds. The molecule has 0 spiro atoms. The van der Waals surface area contributed by atoms with E-state index in [0.717, 1.165) is 11.1 Å². The largest absolute Gasteiger partial charge is 0.453 e. The van der Waals surface area contributed by atoms with E-state index in [-0.39, 0.29) is 29.0 Å². The maximum Gasteiger partial charge on any atom is 0.310 e. The van der Waals surface area contributed by atoms with Crippen LogP contribution in [0.2, 0.25) is 0 Å². The Balaban J connectivity index is 2.02. The van der Waals surface area contributed by atoms with Crippen molar-refractivity contribution in [1.82, 2.24) is 0 Å². The molecule has 0 aromatic rings. The normalized spacial score (nSPS) is 29.3. The van der Waals surface area contributed by atoms with E-state index >= 15 is 0 Å². The zero-order valence-electron chi connectivity index (χ0n) is 14.2. The van der Waals surface area contributed by atoms with Gasteiger partial charge in [-0.15, -0.1) is 6.58 Å². The molecule has 3 atom stereocenters. The van der Waals surface area contributed by atoms with E-state index in [9.17, 15) is 9.59 Å². The van der Waals surface area contributed by atoms with Crippen LogP contribution in [-0.4, -0.2) is 17.9 Å². The highest BCUT2D eigenvalue weighted by atomic mass is 16.5. The Labute approximate surface area is 133 Å². The molecular weight excluding hydrogens is 276 g/mol. The number of hydrogen-bond acceptors (Lipinski definition) is 3. The van der Waals surface area contributed by atoms with Gasteiger partial charge in [0, 0.05) is 12.0 Å². The zero-order valence-corrected chi connectivity index (χ0v) is 14.2. The van der Waals surface area contributed by atoms with Gasteiger partial charge in [0.15, 0.2) is 11.9 Å². The van der Waals surface area contributed by atoms with Gasteiger partial charge in [-0.25, -0.2) is 0 Å². The van der Waals surface area contributed by atoms with Crippen LogP contribution in [0.5, 0.6) is 0 Å². The molecule has 0 saturated heterocycles. The molecule has 1 saturated carbocycles. The van der Waals surface area contributed by atoms with Gasteiger partial charge in [0.25, 0.3) is 0 Å². The van der Waals surface area contributed by atoms with Crippen molar-refractivity contribution in [2.24, 2.45) is 17.3 Å². The number of hydrogen-bond donors (Lipinski definition) is 0. The van der Waals surface area contributed by atoms with Crippen LogP contribution < -0.4 is 0 Å². The fourth-order valence-corrected chi connectivity index (χ4v) is 3.42. The fraction of sp³-hybridized carbons (Fsp3) is 0.579. The van der Waals surface area contributed by atoms with Crippen LogP contribution in [0.25, 0.3) is 0 Å². The smallest absolute Gasteiger partial charge is 0.310 e. The van der Waals surface area contributed by atoms with Crippen molar-refractivity contribution in [3.05, 3.63) is 35.5 Å². The predicted octanol–water partition coefficient (Wildman–Crippen LogP) is 4.00. The van der Waals surface area contributed by atoms with Crippen molar-refractivity contribution >= 4 is 11.8 Å². The Hall–Kier alpha value is -1.64. The molecule has 1 fully saturated rings. The minimum absolute atomic E-state index is 0.0528. The second kappa shape index (κ2) is 5.86. The van der Waals surface area contributed by atoms with Crippen molar-refractivity contribution in [1.29, 1.82) is 0 Å². The van der Waals surface area contributed by atoms with Crippen LogP contribution in [0.3, 0.4) is 0 Å². The average molecular weight is 302 g/mol. The third kappa shape index (κ3) is 2.94. The van der Waals surface area contributed by atoms with Gasteiger partial charge in [-0.05, 0) is 38.5 Å². The topological polar surface area (TPSA) is 43.4 Å². The highest BCUT2D eigenvalue weighted by Gasteiger charge is 2.61. The van der Waals surface area contributed by atoms with Gasteiger partial charge in [0.2, 0.25) is 0 Å². The Bertz CT molecular complexity index is 573. The van der Waals surface area contributed by atoms with Gasteiger partial charge >= 0.3 is 5.97 Å². The lowest BCUT2D eigenvalue weighted by atomic mass is 10.1. The van der Waals surface area contributed by atoms with Crippen molar-refractivity contribution in [2.45, 2.75) is 53.6 Å². The number of carbonyl (C=O) groups is 2. The van der Waals surface area contributed by atoms with Crippen molar-refractivity contribution in [3.8, 4) is 0 Å². The third-order valence-corrected chi connectivity index (χ3v) is 4.88. The monoisotopic (exact) mass is 302 g/mol. The molecule has 0 bridgehead atoms. The Kier molecular flexibility index (Phi) is 4.46. The SMILES string of the molecule is C=CCC1=C(C)CC(OC(=O)C2C(C=C(C)C)C2(C)C)C1=O. The number of Topliss-reactive ketones (excluding diaryl/α,β-unsaturated/α-hetero) is 1. The van der Waals surface area contributed by atoms with Crippen molar-refractivity contribution in [3.63, 3.8) is 0 Å². The summed E-state index contributed by atoms with van der Waals surface area (Å²) in [5.41, 5.74) is 2.89. The second-order valence-electron chi connectivity index (χ2n) is 7.31. The highest BCUT2D eigenvalue weighted by molar-refractivity contribution is 6.03. The molecule has 0 heterocycles.